The largest absolute Gasteiger partial charge is 0.378 e. The number of carbonyl (C=O) groups is 1. The molecule has 2 saturated heterocycles. The van der Waals surface area contributed by atoms with Gasteiger partial charge >= 0.3 is 0 Å². The molecule has 1 aromatic carbocycles. The van der Waals surface area contributed by atoms with Crippen LogP contribution in [0.25, 0.3) is 10.9 Å². The zero-order chi connectivity index (χ0) is 21.2. The molecule has 2 aromatic heterocycles. The number of aryl methyl sites for hydroxylation is 1. The highest BCUT2D eigenvalue weighted by Crippen LogP contribution is 2.23. The lowest BCUT2D eigenvalue weighted by Crippen LogP contribution is -2.49. The number of morpholine rings is 1. The van der Waals surface area contributed by atoms with Crippen molar-refractivity contribution in [3.63, 3.8) is 0 Å². The molecule has 31 heavy (non-hydrogen) atoms. The van der Waals surface area contributed by atoms with Gasteiger partial charge in [0.05, 0.1) is 31.5 Å². The van der Waals surface area contributed by atoms with Crippen molar-refractivity contribution in [2.45, 2.75) is 6.42 Å². The molecule has 0 saturated carbocycles. The van der Waals surface area contributed by atoms with Crippen molar-refractivity contribution in [2.24, 2.45) is 7.05 Å². The quantitative estimate of drug-likeness (QED) is 0.640. The minimum atomic E-state index is 0.184. The number of aromatic nitrogens is 3. The number of carbonyl (C=O) groups excluding carboxylic acids is 1. The molecule has 162 valence electrons. The monoisotopic (exact) mass is 420 g/mol. The van der Waals surface area contributed by atoms with Crippen molar-refractivity contribution >= 4 is 28.3 Å². The molecule has 8 heteroatoms. The van der Waals surface area contributed by atoms with E-state index in [2.05, 4.69) is 49.0 Å². The number of rotatable bonds is 4. The fourth-order valence-electron chi connectivity index (χ4n) is 4.52. The van der Waals surface area contributed by atoms with Crippen molar-refractivity contribution in [2.75, 3.05) is 62.3 Å². The predicted molar refractivity (Wildman–Crippen MR) is 120 cm³/mol. The summed E-state index contributed by atoms with van der Waals surface area (Å²) in [6.07, 6.45) is 4.33. The highest BCUT2D eigenvalue weighted by molar-refractivity contribution is 5.89. The molecule has 0 bridgehead atoms. The second kappa shape index (κ2) is 8.55. The number of ether oxygens (including phenoxy) is 1. The zero-order valence-corrected chi connectivity index (χ0v) is 17.9. The van der Waals surface area contributed by atoms with Gasteiger partial charge in [-0.2, -0.15) is 5.10 Å². The van der Waals surface area contributed by atoms with Crippen molar-refractivity contribution in [3.05, 3.63) is 48.3 Å². The van der Waals surface area contributed by atoms with Gasteiger partial charge in [0.1, 0.15) is 0 Å². The van der Waals surface area contributed by atoms with Crippen LogP contribution in [-0.4, -0.2) is 78.1 Å². The summed E-state index contributed by atoms with van der Waals surface area (Å²) in [6.45, 7) is 6.18. The average Bonchev–Trinajstić information content (AvgIpc) is 3.15. The first-order chi connectivity index (χ1) is 15.2. The molecule has 2 fully saturated rings. The summed E-state index contributed by atoms with van der Waals surface area (Å²) in [7, 11) is 2.03. The smallest absolute Gasteiger partial charge is 0.227 e. The van der Waals surface area contributed by atoms with E-state index < -0.39 is 0 Å². The van der Waals surface area contributed by atoms with Crippen LogP contribution in [0.2, 0.25) is 0 Å². The fourth-order valence-corrected chi connectivity index (χ4v) is 4.52. The Morgan fingerprint density at radius 1 is 1.03 bits per heavy atom. The number of amides is 1. The van der Waals surface area contributed by atoms with Crippen LogP contribution in [0.3, 0.4) is 0 Å². The van der Waals surface area contributed by atoms with E-state index in [9.17, 15) is 4.79 Å². The maximum absolute atomic E-state index is 13.0. The number of nitrogens with zero attached hydrogens (tertiary/aromatic N) is 6. The van der Waals surface area contributed by atoms with Gasteiger partial charge in [-0.05, 0) is 11.6 Å². The second-order valence-electron chi connectivity index (χ2n) is 8.20. The third-order valence-corrected chi connectivity index (χ3v) is 6.28. The van der Waals surface area contributed by atoms with E-state index in [1.807, 2.05) is 30.3 Å². The van der Waals surface area contributed by atoms with Crippen LogP contribution in [0.1, 0.15) is 5.56 Å². The van der Waals surface area contributed by atoms with Gasteiger partial charge in [-0.3, -0.25) is 4.79 Å². The molecule has 0 radical (unpaired) electrons. The first-order valence-electron chi connectivity index (χ1n) is 10.9. The van der Waals surface area contributed by atoms with Gasteiger partial charge in [0.15, 0.2) is 5.82 Å². The minimum absolute atomic E-state index is 0.184. The maximum atomic E-state index is 13.0. The van der Waals surface area contributed by atoms with Gasteiger partial charge in [0.2, 0.25) is 5.91 Å². The molecular formula is C23H28N6O2. The summed E-state index contributed by atoms with van der Waals surface area (Å²) >= 11 is 0. The molecule has 1 amide bonds. The van der Waals surface area contributed by atoms with Gasteiger partial charge in [-0.25, -0.2) is 0 Å². The Morgan fingerprint density at radius 3 is 2.61 bits per heavy atom. The highest BCUT2D eigenvalue weighted by Gasteiger charge is 2.24. The lowest BCUT2D eigenvalue weighted by molar-refractivity contribution is -0.130. The normalized spacial score (nSPS) is 17.4. The van der Waals surface area contributed by atoms with E-state index in [1.54, 1.807) is 0 Å². The molecule has 8 nitrogen and oxygen atoms in total. The van der Waals surface area contributed by atoms with Crippen LogP contribution in [0.15, 0.2) is 42.7 Å². The highest BCUT2D eigenvalue weighted by atomic mass is 16.5. The number of fused-ring (bicyclic) bond motifs is 1. The van der Waals surface area contributed by atoms with Gasteiger partial charge in [0, 0.05) is 69.5 Å². The van der Waals surface area contributed by atoms with E-state index in [1.165, 1.54) is 0 Å². The molecule has 0 spiro atoms. The van der Waals surface area contributed by atoms with Crippen molar-refractivity contribution in [1.29, 1.82) is 0 Å². The molecular weight excluding hydrogens is 392 g/mol. The number of para-hydroxylation sites is 1. The van der Waals surface area contributed by atoms with Crippen LogP contribution in [0.4, 0.5) is 11.5 Å². The lowest BCUT2D eigenvalue weighted by atomic mass is 10.1. The Morgan fingerprint density at radius 2 is 1.81 bits per heavy atom. The molecule has 0 N–H and O–H groups in total. The summed E-state index contributed by atoms with van der Waals surface area (Å²) in [5, 5.41) is 9.72. The van der Waals surface area contributed by atoms with E-state index in [0.29, 0.717) is 19.5 Å². The minimum Gasteiger partial charge on any atom is -0.378 e. The van der Waals surface area contributed by atoms with Crippen molar-refractivity contribution in [1.82, 2.24) is 19.7 Å². The van der Waals surface area contributed by atoms with Gasteiger partial charge in [0.25, 0.3) is 0 Å². The first kappa shape index (κ1) is 19.8. The Hall–Kier alpha value is -3.13. The van der Waals surface area contributed by atoms with Gasteiger partial charge in [-0.1, -0.05) is 18.2 Å². The first-order valence-corrected chi connectivity index (χ1v) is 10.9. The molecule has 0 aliphatic carbocycles. The molecule has 2 aliphatic rings. The Bertz CT molecular complexity index is 1070. The second-order valence-corrected chi connectivity index (χ2v) is 8.20. The number of hydrogen-bond donors (Lipinski definition) is 0. The van der Waals surface area contributed by atoms with E-state index in [0.717, 1.165) is 67.4 Å². The topological polar surface area (TPSA) is 66.7 Å². The van der Waals surface area contributed by atoms with Crippen LogP contribution in [0.5, 0.6) is 0 Å². The summed E-state index contributed by atoms with van der Waals surface area (Å²) in [5.74, 6) is 1.06. The number of benzene rings is 1. The predicted octanol–water partition coefficient (Wildman–Crippen LogP) is 1.70. The maximum Gasteiger partial charge on any atom is 0.227 e. The summed E-state index contributed by atoms with van der Waals surface area (Å²) in [5.41, 5.74) is 3.34. The van der Waals surface area contributed by atoms with Crippen LogP contribution < -0.4 is 9.80 Å². The Labute approximate surface area is 182 Å². The number of hydrogen-bond acceptors (Lipinski definition) is 6. The number of piperazine rings is 1. The molecule has 0 atom stereocenters. The van der Waals surface area contributed by atoms with Crippen molar-refractivity contribution < 1.29 is 9.53 Å². The SMILES string of the molecule is Cn1cc(CC(=O)N2CCN(c3cc(N4CCOCC4)cnn3)CC2)c2ccccc21. The summed E-state index contributed by atoms with van der Waals surface area (Å²) < 4.78 is 7.54. The van der Waals surface area contributed by atoms with Crippen LogP contribution in [-0.2, 0) is 23.0 Å². The van der Waals surface area contributed by atoms with Crippen LogP contribution >= 0.6 is 0 Å². The van der Waals surface area contributed by atoms with Gasteiger partial charge in [-0.15, -0.1) is 5.10 Å². The zero-order valence-electron chi connectivity index (χ0n) is 17.9. The summed E-state index contributed by atoms with van der Waals surface area (Å²) in [4.78, 5) is 19.4. The fraction of sp³-hybridized carbons (Fsp3) is 0.435. The summed E-state index contributed by atoms with van der Waals surface area (Å²) in [6, 6.07) is 10.3. The average molecular weight is 421 g/mol. The molecule has 4 heterocycles. The molecule has 5 rings (SSSR count). The van der Waals surface area contributed by atoms with Crippen molar-refractivity contribution in [3.8, 4) is 0 Å². The standard InChI is InChI=1S/C23H28N6O2/c1-26-17-18(20-4-2-3-5-21(20)26)14-23(30)29-8-6-28(7-9-29)22-15-19(16-24-25-22)27-10-12-31-13-11-27/h2-5,15-17H,6-14H2,1H3. The van der Waals surface area contributed by atoms with E-state index >= 15 is 0 Å². The van der Waals surface area contributed by atoms with Gasteiger partial charge < -0.3 is 24.0 Å². The third kappa shape index (κ3) is 4.07. The Kier molecular flexibility index (Phi) is 5.46. The van der Waals surface area contributed by atoms with E-state index in [4.69, 9.17) is 4.74 Å². The molecule has 0 unspecified atom stereocenters. The lowest BCUT2D eigenvalue weighted by Gasteiger charge is -2.36. The van der Waals surface area contributed by atoms with E-state index in [-0.39, 0.29) is 5.91 Å². The third-order valence-electron chi connectivity index (χ3n) is 6.28. The van der Waals surface area contributed by atoms with Crippen LogP contribution in [0, 0.1) is 0 Å². The molecule has 3 aromatic rings. The molecule has 2 aliphatic heterocycles. The Balaban J connectivity index is 1.22. The number of anilines is 2.